The molecule has 0 fully saturated rings. The zero-order valence-electron chi connectivity index (χ0n) is 12.1. The average Bonchev–Trinajstić information content (AvgIpc) is 2.41. The predicted molar refractivity (Wildman–Crippen MR) is 80.0 cm³/mol. The van der Waals surface area contributed by atoms with Gasteiger partial charge in [0.15, 0.2) is 0 Å². The van der Waals surface area contributed by atoms with Crippen LogP contribution in [0.1, 0.15) is 40.0 Å². The summed E-state index contributed by atoms with van der Waals surface area (Å²) in [6.07, 6.45) is 4.62. The molecular formula is C14H24ClN3O. The summed E-state index contributed by atoms with van der Waals surface area (Å²) in [6, 6.07) is 1.84. The number of ether oxygens (including phenoxy) is 1. The molecule has 5 heteroatoms. The molecule has 0 aliphatic rings. The van der Waals surface area contributed by atoms with E-state index in [-0.39, 0.29) is 5.41 Å². The first-order valence-electron chi connectivity index (χ1n) is 6.82. The van der Waals surface area contributed by atoms with Gasteiger partial charge in [0.1, 0.15) is 12.1 Å². The summed E-state index contributed by atoms with van der Waals surface area (Å²) >= 11 is 5.74. The Morgan fingerprint density at radius 1 is 1.37 bits per heavy atom. The molecule has 0 aliphatic heterocycles. The molecule has 0 radical (unpaired) electrons. The van der Waals surface area contributed by atoms with Crippen molar-refractivity contribution < 1.29 is 4.74 Å². The Morgan fingerprint density at radius 2 is 2.16 bits per heavy atom. The van der Waals surface area contributed by atoms with Gasteiger partial charge in [-0.15, -0.1) is 11.6 Å². The number of anilines is 1. The monoisotopic (exact) mass is 285 g/mol. The molecule has 108 valence electrons. The van der Waals surface area contributed by atoms with Crippen molar-refractivity contribution >= 4 is 17.4 Å². The molecule has 19 heavy (non-hydrogen) atoms. The van der Waals surface area contributed by atoms with Gasteiger partial charge in [0.2, 0.25) is 5.88 Å². The SMILES string of the molecule is CCCOc1cc(NCC(C)(C)CCCCl)ncn1. The maximum Gasteiger partial charge on any atom is 0.218 e. The van der Waals surface area contributed by atoms with Crippen LogP contribution in [0.3, 0.4) is 0 Å². The van der Waals surface area contributed by atoms with Gasteiger partial charge in [-0.3, -0.25) is 0 Å². The van der Waals surface area contributed by atoms with Crippen LogP contribution in [0.15, 0.2) is 12.4 Å². The lowest BCUT2D eigenvalue weighted by molar-refractivity contribution is 0.304. The van der Waals surface area contributed by atoms with Gasteiger partial charge in [-0.2, -0.15) is 0 Å². The molecule has 4 nitrogen and oxygen atoms in total. The molecule has 0 aromatic carbocycles. The summed E-state index contributed by atoms with van der Waals surface area (Å²) in [6.45, 7) is 8.05. The molecule has 1 heterocycles. The molecule has 0 amide bonds. The van der Waals surface area contributed by atoms with Crippen molar-refractivity contribution in [3.8, 4) is 5.88 Å². The number of alkyl halides is 1. The summed E-state index contributed by atoms with van der Waals surface area (Å²) in [5.41, 5.74) is 0.199. The fourth-order valence-corrected chi connectivity index (χ4v) is 1.82. The second-order valence-corrected chi connectivity index (χ2v) is 5.78. The fourth-order valence-electron chi connectivity index (χ4n) is 1.69. The molecule has 1 aromatic rings. The minimum Gasteiger partial charge on any atom is -0.478 e. The molecule has 0 unspecified atom stereocenters. The van der Waals surface area contributed by atoms with Crippen LogP contribution in [0.4, 0.5) is 5.82 Å². The van der Waals surface area contributed by atoms with Crippen LogP contribution in [0.2, 0.25) is 0 Å². The van der Waals surface area contributed by atoms with Crippen molar-refractivity contribution in [3.05, 3.63) is 12.4 Å². The van der Waals surface area contributed by atoms with E-state index in [1.165, 1.54) is 6.33 Å². The van der Waals surface area contributed by atoms with Gasteiger partial charge in [0, 0.05) is 18.5 Å². The van der Waals surface area contributed by atoms with Gasteiger partial charge < -0.3 is 10.1 Å². The summed E-state index contributed by atoms with van der Waals surface area (Å²) in [5.74, 6) is 2.14. The third kappa shape index (κ3) is 6.62. The van der Waals surface area contributed by atoms with E-state index in [0.29, 0.717) is 18.4 Å². The number of hydrogen-bond donors (Lipinski definition) is 1. The van der Waals surface area contributed by atoms with E-state index in [0.717, 1.165) is 31.6 Å². The first kappa shape index (κ1) is 16.0. The average molecular weight is 286 g/mol. The molecule has 0 atom stereocenters. The molecule has 1 aromatic heterocycles. The van der Waals surface area contributed by atoms with Crippen LogP contribution in [0, 0.1) is 5.41 Å². The molecule has 0 spiro atoms. The summed E-state index contributed by atoms with van der Waals surface area (Å²) in [7, 11) is 0. The Balaban J connectivity index is 2.48. The van der Waals surface area contributed by atoms with Crippen LogP contribution in [0.25, 0.3) is 0 Å². The highest BCUT2D eigenvalue weighted by atomic mass is 35.5. The van der Waals surface area contributed by atoms with Crippen molar-refractivity contribution in [2.75, 3.05) is 24.3 Å². The highest BCUT2D eigenvalue weighted by molar-refractivity contribution is 6.17. The van der Waals surface area contributed by atoms with Crippen LogP contribution >= 0.6 is 11.6 Å². The van der Waals surface area contributed by atoms with E-state index >= 15 is 0 Å². The second-order valence-electron chi connectivity index (χ2n) is 5.40. The summed E-state index contributed by atoms with van der Waals surface area (Å²) < 4.78 is 5.48. The lowest BCUT2D eigenvalue weighted by Gasteiger charge is -2.24. The number of rotatable bonds is 9. The first-order chi connectivity index (χ1) is 9.07. The van der Waals surface area contributed by atoms with E-state index in [2.05, 4.69) is 36.1 Å². The maximum absolute atomic E-state index is 5.74. The Morgan fingerprint density at radius 3 is 2.84 bits per heavy atom. The Bertz CT molecular complexity index is 371. The third-order valence-corrected chi connectivity index (χ3v) is 3.10. The van der Waals surface area contributed by atoms with Crippen molar-refractivity contribution in [2.24, 2.45) is 5.41 Å². The van der Waals surface area contributed by atoms with E-state index in [1.807, 2.05) is 6.07 Å². The normalized spacial score (nSPS) is 11.4. The maximum atomic E-state index is 5.74. The third-order valence-electron chi connectivity index (χ3n) is 2.83. The lowest BCUT2D eigenvalue weighted by atomic mass is 9.88. The number of nitrogens with one attached hydrogen (secondary N) is 1. The summed E-state index contributed by atoms with van der Waals surface area (Å²) in [5, 5.41) is 3.34. The minimum absolute atomic E-state index is 0.199. The van der Waals surface area contributed by atoms with E-state index in [9.17, 15) is 0 Å². The Hall–Kier alpha value is -1.03. The number of nitrogens with zero attached hydrogens (tertiary/aromatic N) is 2. The van der Waals surface area contributed by atoms with Crippen molar-refractivity contribution in [1.29, 1.82) is 0 Å². The van der Waals surface area contributed by atoms with E-state index < -0.39 is 0 Å². The second kappa shape index (κ2) is 8.20. The fraction of sp³-hybridized carbons (Fsp3) is 0.714. The number of aromatic nitrogens is 2. The zero-order valence-corrected chi connectivity index (χ0v) is 12.8. The van der Waals surface area contributed by atoms with E-state index in [4.69, 9.17) is 16.3 Å². The largest absolute Gasteiger partial charge is 0.478 e. The van der Waals surface area contributed by atoms with Crippen molar-refractivity contribution in [2.45, 2.75) is 40.0 Å². The van der Waals surface area contributed by atoms with Crippen LogP contribution in [0.5, 0.6) is 5.88 Å². The highest BCUT2D eigenvalue weighted by Crippen LogP contribution is 2.23. The van der Waals surface area contributed by atoms with Crippen LogP contribution in [-0.2, 0) is 0 Å². The molecule has 0 aliphatic carbocycles. The number of halogens is 1. The van der Waals surface area contributed by atoms with Gasteiger partial charge >= 0.3 is 0 Å². The minimum atomic E-state index is 0.199. The first-order valence-corrected chi connectivity index (χ1v) is 7.35. The Kier molecular flexibility index (Phi) is 6.92. The summed E-state index contributed by atoms with van der Waals surface area (Å²) in [4.78, 5) is 8.28. The smallest absolute Gasteiger partial charge is 0.218 e. The lowest BCUT2D eigenvalue weighted by Crippen LogP contribution is -2.23. The molecule has 1 N–H and O–H groups in total. The van der Waals surface area contributed by atoms with Gasteiger partial charge in [0.05, 0.1) is 6.61 Å². The number of hydrogen-bond acceptors (Lipinski definition) is 4. The molecular weight excluding hydrogens is 262 g/mol. The molecule has 0 saturated heterocycles. The quantitative estimate of drug-likeness (QED) is 0.703. The van der Waals surface area contributed by atoms with Crippen molar-refractivity contribution in [3.63, 3.8) is 0 Å². The van der Waals surface area contributed by atoms with Gasteiger partial charge in [-0.25, -0.2) is 9.97 Å². The molecule has 1 rings (SSSR count). The van der Waals surface area contributed by atoms with Crippen LogP contribution in [-0.4, -0.2) is 29.0 Å². The highest BCUT2D eigenvalue weighted by Gasteiger charge is 2.17. The van der Waals surface area contributed by atoms with Crippen molar-refractivity contribution in [1.82, 2.24) is 9.97 Å². The Labute approximate surface area is 120 Å². The zero-order chi connectivity index (χ0) is 14.1. The van der Waals surface area contributed by atoms with Crippen LogP contribution < -0.4 is 10.1 Å². The predicted octanol–water partition coefficient (Wildman–Crippen LogP) is 3.72. The standard InChI is InChI=1S/C14H24ClN3O/c1-4-8-19-13-9-12(17-11-18-13)16-10-14(2,3)6-5-7-15/h9,11H,4-8,10H2,1-3H3,(H,16,17,18). The van der Waals surface area contributed by atoms with Gasteiger partial charge in [0.25, 0.3) is 0 Å². The van der Waals surface area contributed by atoms with Gasteiger partial charge in [-0.05, 0) is 24.7 Å². The topological polar surface area (TPSA) is 47.0 Å². The van der Waals surface area contributed by atoms with Gasteiger partial charge in [-0.1, -0.05) is 20.8 Å². The molecule has 0 saturated carbocycles. The van der Waals surface area contributed by atoms with E-state index in [1.54, 1.807) is 0 Å². The molecule has 0 bridgehead atoms.